The number of phenolic OH excluding ortho intramolecular Hbond substituents is 1. The number of phenols is 1. The monoisotopic (exact) mass is 287 g/mol. The maximum atomic E-state index is 9.38. The van der Waals surface area contributed by atoms with Gasteiger partial charge < -0.3 is 5.11 Å². The van der Waals surface area contributed by atoms with Gasteiger partial charge in [0.2, 0.25) is 0 Å². The molecule has 3 aromatic heterocycles. The Morgan fingerprint density at radius 2 is 1.73 bits per heavy atom. The van der Waals surface area contributed by atoms with Crippen LogP contribution < -0.4 is 0 Å². The molecule has 0 atom stereocenters. The quantitative estimate of drug-likeness (QED) is 0.610. The summed E-state index contributed by atoms with van der Waals surface area (Å²) in [6.45, 7) is 0. The number of benzene rings is 1. The number of aromatic nitrogens is 3. The van der Waals surface area contributed by atoms with Gasteiger partial charge in [-0.2, -0.15) is 0 Å². The highest BCUT2D eigenvalue weighted by atomic mass is 16.3. The fourth-order valence-electron chi connectivity index (χ4n) is 2.52. The molecule has 106 valence electrons. The molecule has 0 aliphatic heterocycles. The fourth-order valence-corrected chi connectivity index (χ4v) is 2.52. The maximum absolute atomic E-state index is 9.38. The van der Waals surface area contributed by atoms with E-state index in [1.807, 2.05) is 59.3 Å². The summed E-state index contributed by atoms with van der Waals surface area (Å²) in [5.74, 6) is 0.267. The van der Waals surface area contributed by atoms with E-state index in [1.54, 1.807) is 18.3 Å². The summed E-state index contributed by atoms with van der Waals surface area (Å²) in [6, 6.07) is 17.0. The van der Waals surface area contributed by atoms with Crippen molar-refractivity contribution in [2.45, 2.75) is 0 Å². The third kappa shape index (κ3) is 2.11. The first-order valence-electron chi connectivity index (χ1n) is 6.99. The van der Waals surface area contributed by atoms with Gasteiger partial charge in [0, 0.05) is 12.4 Å². The summed E-state index contributed by atoms with van der Waals surface area (Å²) in [4.78, 5) is 8.85. The third-order valence-corrected chi connectivity index (χ3v) is 3.64. The second-order valence-corrected chi connectivity index (χ2v) is 5.05. The Hall–Kier alpha value is -3.14. The molecular formula is C18H13N3O. The number of aromatic hydroxyl groups is 1. The van der Waals surface area contributed by atoms with E-state index in [2.05, 4.69) is 9.97 Å². The van der Waals surface area contributed by atoms with E-state index in [0.29, 0.717) is 0 Å². The van der Waals surface area contributed by atoms with E-state index >= 15 is 0 Å². The molecule has 0 saturated carbocycles. The first-order chi connectivity index (χ1) is 10.8. The van der Waals surface area contributed by atoms with Gasteiger partial charge >= 0.3 is 0 Å². The second kappa shape index (κ2) is 5.00. The van der Waals surface area contributed by atoms with E-state index in [9.17, 15) is 5.11 Å². The van der Waals surface area contributed by atoms with E-state index in [0.717, 1.165) is 28.2 Å². The molecule has 4 aromatic rings. The van der Waals surface area contributed by atoms with E-state index < -0.39 is 0 Å². The van der Waals surface area contributed by atoms with Crippen LogP contribution in [0.2, 0.25) is 0 Å². The lowest BCUT2D eigenvalue weighted by atomic mass is 10.1. The van der Waals surface area contributed by atoms with Gasteiger partial charge in [0.25, 0.3) is 0 Å². The SMILES string of the molecule is Oc1ccc(-c2ccn3c(-c4ccccn4)cnc3c2)cc1. The van der Waals surface area contributed by atoms with Crippen molar-refractivity contribution in [2.24, 2.45) is 0 Å². The molecular weight excluding hydrogens is 274 g/mol. The molecule has 0 radical (unpaired) electrons. The number of hydrogen-bond donors (Lipinski definition) is 1. The number of fused-ring (bicyclic) bond motifs is 1. The Balaban J connectivity index is 1.82. The van der Waals surface area contributed by atoms with Crippen LogP contribution >= 0.6 is 0 Å². The standard InChI is InChI=1S/C18H13N3O/c22-15-6-4-13(5-7-15)14-8-10-21-17(12-20-18(21)11-14)16-3-1-2-9-19-16/h1-12,22H. The largest absolute Gasteiger partial charge is 0.508 e. The highest BCUT2D eigenvalue weighted by Gasteiger charge is 2.08. The Kier molecular flexibility index (Phi) is 2.86. The Morgan fingerprint density at radius 1 is 0.864 bits per heavy atom. The van der Waals surface area contributed by atoms with Crippen molar-refractivity contribution in [1.29, 1.82) is 0 Å². The van der Waals surface area contributed by atoms with Gasteiger partial charge in [0.1, 0.15) is 11.4 Å². The van der Waals surface area contributed by atoms with Crippen molar-refractivity contribution in [3.05, 3.63) is 73.2 Å². The number of imidazole rings is 1. The summed E-state index contributed by atoms with van der Waals surface area (Å²) in [7, 11) is 0. The first kappa shape index (κ1) is 12.6. The van der Waals surface area contributed by atoms with Crippen molar-refractivity contribution >= 4 is 5.65 Å². The van der Waals surface area contributed by atoms with E-state index in [-0.39, 0.29) is 5.75 Å². The third-order valence-electron chi connectivity index (χ3n) is 3.64. The molecule has 0 saturated heterocycles. The Bertz CT molecular complexity index is 928. The lowest BCUT2D eigenvalue weighted by molar-refractivity contribution is 0.475. The molecule has 0 fully saturated rings. The van der Waals surface area contributed by atoms with Crippen molar-refractivity contribution < 1.29 is 5.11 Å². The molecule has 0 unspecified atom stereocenters. The van der Waals surface area contributed by atoms with Gasteiger partial charge in [-0.15, -0.1) is 0 Å². The summed E-state index contributed by atoms with van der Waals surface area (Å²) < 4.78 is 2.02. The molecule has 1 aromatic carbocycles. The fraction of sp³-hybridized carbons (Fsp3) is 0. The average Bonchev–Trinajstić information content (AvgIpc) is 2.99. The topological polar surface area (TPSA) is 50.4 Å². The van der Waals surface area contributed by atoms with E-state index in [1.165, 1.54) is 0 Å². The van der Waals surface area contributed by atoms with Crippen LogP contribution in [0.5, 0.6) is 5.75 Å². The van der Waals surface area contributed by atoms with Gasteiger partial charge in [0.05, 0.1) is 17.6 Å². The number of nitrogens with zero attached hydrogens (tertiary/aromatic N) is 3. The maximum Gasteiger partial charge on any atom is 0.137 e. The molecule has 22 heavy (non-hydrogen) atoms. The van der Waals surface area contributed by atoms with Gasteiger partial charge in [0.15, 0.2) is 0 Å². The van der Waals surface area contributed by atoms with Crippen LogP contribution in [-0.4, -0.2) is 19.5 Å². The zero-order valence-electron chi connectivity index (χ0n) is 11.7. The molecule has 0 bridgehead atoms. The molecule has 4 nitrogen and oxygen atoms in total. The van der Waals surface area contributed by atoms with Crippen LogP contribution in [0.4, 0.5) is 0 Å². The van der Waals surface area contributed by atoms with Crippen LogP contribution in [-0.2, 0) is 0 Å². The molecule has 4 heteroatoms. The van der Waals surface area contributed by atoms with Crippen molar-refractivity contribution in [3.63, 3.8) is 0 Å². The van der Waals surface area contributed by atoms with Gasteiger partial charge in [-0.1, -0.05) is 18.2 Å². The summed E-state index contributed by atoms with van der Waals surface area (Å²) in [5, 5.41) is 9.38. The van der Waals surface area contributed by atoms with E-state index in [4.69, 9.17) is 0 Å². The summed E-state index contributed by atoms with van der Waals surface area (Å²) in [5.41, 5.74) is 4.83. The smallest absolute Gasteiger partial charge is 0.137 e. The normalized spacial score (nSPS) is 10.9. The van der Waals surface area contributed by atoms with Crippen molar-refractivity contribution in [2.75, 3.05) is 0 Å². The van der Waals surface area contributed by atoms with Crippen molar-refractivity contribution in [3.8, 4) is 28.3 Å². The van der Waals surface area contributed by atoms with Crippen molar-refractivity contribution in [1.82, 2.24) is 14.4 Å². The molecule has 1 N–H and O–H groups in total. The van der Waals surface area contributed by atoms with Crippen LogP contribution in [0.3, 0.4) is 0 Å². The predicted molar refractivity (Wildman–Crippen MR) is 85.5 cm³/mol. The Morgan fingerprint density at radius 3 is 2.50 bits per heavy atom. The first-order valence-corrected chi connectivity index (χ1v) is 6.99. The highest BCUT2D eigenvalue weighted by molar-refractivity contribution is 5.70. The number of pyridine rings is 2. The van der Waals surface area contributed by atoms with Crippen LogP contribution in [0.15, 0.2) is 73.2 Å². The lowest BCUT2D eigenvalue weighted by Gasteiger charge is -2.05. The number of rotatable bonds is 2. The average molecular weight is 287 g/mol. The minimum Gasteiger partial charge on any atom is -0.508 e. The molecule has 0 amide bonds. The second-order valence-electron chi connectivity index (χ2n) is 5.05. The van der Waals surface area contributed by atoms with Gasteiger partial charge in [-0.3, -0.25) is 9.38 Å². The summed E-state index contributed by atoms with van der Waals surface area (Å²) in [6.07, 6.45) is 5.60. The molecule has 0 aliphatic carbocycles. The van der Waals surface area contributed by atoms with Crippen LogP contribution in [0.1, 0.15) is 0 Å². The molecule has 3 heterocycles. The van der Waals surface area contributed by atoms with Crippen LogP contribution in [0.25, 0.3) is 28.2 Å². The minimum atomic E-state index is 0.267. The molecule has 0 aliphatic rings. The summed E-state index contributed by atoms with van der Waals surface area (Å²) >= 11 is 0. The zero-order chi connectivity index (χ0) is 14.9. The molecule has 4 rings (SSSR count). The lowest BCUT2D eigenvalue weighted by Crippen LogP contribution is -1.90. The predicted octanol–water partition coefficient (Wildman–Crippen LogP) is 3.77. The Labute approximate surface area is 127 Å². The highest BCUT2D eigenvalue weighted by Crippen LogP contribution is 2.25. The van der Waals surface area contributed by atoms with Crippen LogP contribution in [0, 0.1) is 0 Å². The van der Waals surface area contributed by atoms with Gasteiger partial charge in [-0.25, -0.2) is 4.98 Å². The van der Waals surface area contributed by atoms with Gasteiger partial charge in [-0.05, 0) is 47.5 Å². The molecule has 0 spiro atoms. The minimum absolute atomic E-state index is 0.267. The number of hydrogen-bond acceptors (Lipinski definition) is 3. The zero-order valence-corrected chi connectivity index (χ0v) is 11.7.